The monoisotopic (exact) mass is 387 g/mol. The molecule has 0 aliphatic rings. The maximum absolute atomic E-state index is 12.9. The second-order valence-corrected chi connectivity index (χ2v) is 7.46. The minimum Gasteiger partial charge on any atom is -0.358 e. The fourth-order valence-electron chi connectivity index (χ4n) is 3.47. The lowest BCUT2D eigenvalue weighted by Gasteiger charge is -2.29. The number of unbranched alkanes of at least 4 members (excludes halogenated alkanes) is 5. The normalized spacial score (nSPS) is 12.2. The lowest BCUT2D eigenvalue weighted by Crippen LogP contribution is -2.50. The number of carbonyl (C=O) groups is 1. The molecule has 2 aromatic rings. The van der Waals surface area contributed by atoms with Gasteiger partial charge in [-0.2, -0.15) is 0 Å². The van der Waals surface area contributed by atoms with Crippen molar-refractivity contribution in [3.63, 3.8) is 0 Å². The molecule has 1 aromatic carbocycles. The van der Waals surface area contributed by atoms with Gasteiger partial charge in [-0.3, -0.25) is 9.59 Å². The number of aromatic amines is 1. The molecule has 0 unspecified atom stereocenters. The minimum absolute atomic E-state index is 0.147. The van der Waals surface area contributed by atoms with Crippen LogP contribution in [0.3, 0.4) is 0 Å². The van der Waals surface area contributed by atoms with Gasteiger partial charge in [-0.15, -0.1) is 0 Å². The van der Waals surface area contributed by atoms with Gasteiger partial charge >= 0.3 is 0 Å². The second-order valence-electron chi connectivity index (χ2n) is 7.46. The van der Waals surface area contributed by atoms with E-state index in [1.54, 1.807) is 6.07 Å². The predicted octanol–water partition coefficient (Wildman–Crippen LogP) is 3.20. The van der Waals surface area contributed by atoms with Crippen molar-refractivity contribution in [2.75, 3.05) is 13.1 Å². The fraction of sp³-hybridized carbons (Fsp3) is 0.591. The lowest BCUT2D eigenvalue weighted by atomic mass is 10.1. The number of aromatic nitrogens is 2. The molecule has 1 aromatic heterocycles. The average molecular weight is 388 g/mol. The molecule has 0 saturated heterocycles. The molecule has 2 rings (SSSR count). The average Bonchev–Trinajstić information content (AvgIpc) is 2.70. The number of rotatable bonds is 12. The molecule has 0 saturated carbocycles. The van der Waals surface area contributed by atoms with Gasteiger partial charge in [0, 0.05) is 13.0 Å². The Kier molecular flexibility index (Phi) is 9.14. The van der Waals surface area contributed by atoms with Crippen LogP contribution in [0.15, 0.2) is 29.1 Å². The van der Waals surface area contributed by atoms with Gasteiger partial charge in [0.2, 0.25) is 5.91 Å². The van der Waals surface area contributed by atoms with E-state index >= 15 is 0 Å². The van der Waals surface area contributed by atoms with Crippen molar-refractivity contribution in [2.45, 2.75) is 71.3 Å². The Hall–Kier alpha value is -2.21. The van der Waals surface area contributed by atoms with E-state index < -0.39 is 0 Å². The quantitative estimate of drug-likeness (QED) is 0.548. The van der Waals surface area contributed by atoms with Crippen LogP contribution in [0.1, 0.15) is 77.1 Å². The number of hydrogen-bond acceptors (Lipinski definition) is 3. The fourth-order valence-corrected chi connectivity index (χ4v) is 3.47. The number of hydrogen-bond donors (Lipinski definition) is 2. The van der Waals surface area contributed by atoms with Crippen molar-refractivity contribution in [1.29, 1.82) is 0 Å². The molecule has 0 fully saturated rings. The Morgan fingerprint density at radius 3 is 2.64 bits per heavy atom. The number of quaternary nitrogens is 1. The number of benzene rings is 1. The maximum Gasteiger partial charge on any atom is 0.258 e. The Morgan fingerprint density at radius 1 is 1.14 bits per heavy atom. The van der Waals surface area contributed by atoms with Crippen LogP contribution in [-0.4, -0.2) is 33.9 Å². The number of carbonyl (C=O) groups excluding carboxylic acids is 1. The van der Waals surface area contributed by atoms with E-state index in [9.17, 15) is 9.59 Å². The number of nitrogens with zero attached hydrogens (tertiary/aromatic N) is 2. The highest BCUT2D eigenvalue weighted by molar-refractivity contribution is 5.78. The van der Waals surface area contributed by atoms with E-state index in [-0.39, 0.29) is 17.5 Å². The summed E-state index contributed by atoms with van der Waals surface area (Å²) in [5.74, 6) is 0.708. The minimum atomic E-state index is -0.251. The van der Waals surface area contributed by atoms with Crippen molar-refractivity contribution in [1.82, 2.24) is 14.9 Å². The molecule has 0 bridgehead atoms. The van der Waals surface area contributed by atoms with Gasteiger partial charge < -0.3 is 15.6 Å². The van der Waals surface area contributed by atoms with Gasteiger partial charge in [0.25, 0.3) is 5.56 Å². The summed E-state index contributed by atoms with van der Waals surface area (Å²) in [6.45, 7) is 5.75. The summed E-state index contributed by atoms with van der Waals surface area (Å²) < 4.78 is 0. The van der Waals surface area contributed by atoms with Gasteiger partial charge in [-0.1, -0.05) is 38.3 Å². The zero-order valence-corrected chi connectivity index (χ0v) is 17.4. The first-order valence-corrected chi connectivity index (χ1v) is 10.7. The molecule has 6 nitrogen and oxygen atoms in total. The van der Waals surface area contributed by atoms with Crippen molar-refractivity contribution >= 4 is 16.8 Å². The third-order valence-corrected chi connectivity index (χ3v) is 5.21. The van der Waals surface area contributed by atoms with Gasteiger partial charge in [-0.05, 0) is 44.7 Å². The SMILES string of the molecule is CCCCCC(=O)N(CCCCCC[NH3+])[C@@H](C)c1nc2ccccc2c(=O)[nH]1. The zero-order chi connectivity index (χ0) is 20.4. The van der Waals surface area contributed by atoms with Gasteiger partial charge in [0.05, 0.1) is 23.5 Å². The Balaban J connectivity index is 2.17. The van der Waals surface area contributed by atoms with Crippen molar-refractivity contribution in [2.24, 2.45) is 0 Å². The highest BCUT2D eigenvalue weighted by atomic mass is 16.2. The molecule has 154 valence electrons. The van der Waals surface area contributed by atoms with E-state index in [2.05, 4.69) is 22.6 Å². The van der Waals surface area contributed by atoms with E-state index in [1.807, 2.05) is 30.0 Å². The van der Waals surface area contributed by atoms with Crippen LogP contribution in [0.2, 0.25) is 0 Å². The molecule has 1 amide bonds. The topological polar surface area (TPSA) is 93.7 Å². The van der Waals surface area contributed by atoms with Gasteiger partial charge in [0.15, 0.2) is 0 Å². The molecule has 0 aliphatic carbocycles. The van der Waals surface area contributed by atoms with Crippen LogP contribution in [-0.2, 0) is 4.79 Å². The summed E-state index contributed by atoms with van der Waals surface area (Å²) in [5, 5.41) is 0.576. The smallest absolute Gasteiger partial charge is 0.258 e. The van der Waals surface area contributed by atoms with Crippen LogP contribution in [0.25, 0.3) is 10.9 Å². The van der Waals surface area contributed by atoms with Crippen LogP contribution in [0.4, 0.5) is 0 Å². The first-order chi connectivity index (χ1) is 13.6. The molecule has 1 atom stereocenters. The van der Waals surface area contributed by atoms with Gasteiger partial charge in [0.1, 0.15) is 5.82 Å². The third kappa shape index (κ3) is 6.16. The highest BCUT2D eigenvalue weighted by Crippen LogP contribution is 2.20. The molecule has 1 heterocycles. The van der Waals surface area contributed by atoms with E-state index in [1.165, 1.54) is 0 Å². The summed E-state index contributed by atoms with van der Waals surface area (Å²) in [7, 11) is 0. The number of amides is 1. The molecule has 0 aliphatic heterocycles. The maximum atomic E-state index is 12.9. The van der Waals surface area contributed by atoms with Crippen molar-refractivity contribution < 1.29 is 10.5 Å². The largest absolute Gasteiger partial charge is 0.358 e. The summed E-state index contributed by atoms with van der Waals surface area (Å²) in [5.41, 5.74) is 4.40. The summed E-state index contributed by atoms with van der Waals surface area (Å²) >= 11 is 0. The molecule has 4 N–H and O–H groups in total. The van der Waals surface area contributed by atoms with Crippen LogP contribution >= 0.6 is 0 Å². The number of H-pyrrole nitrogens is 1. The number of para-hydroxylation sites is 1. The molecule has 0 radical (unpaired) electrons. The standard InChI is InChI=1S/C22H34N4O2/c1-3-4-7-14-20(27)26(16-11-6-5-10-15-23)17(2)21-24-19-13-9-8-12-18(19)22(28)25-21/h8-9,12-13,17H,3-7,10-11,14-16,23H2,1-2H3,(H,24,25,28)/p+1/t17-/m0/s1. The Bertz CT molecular complexity index is 802. The van der Waals surface area contributed by atoms with Gasteiger partial charge in [-0.25, -0.2) is 4.98 Å². The lowest BCUT2D eigenvalue weighted by molar-refractivity contribution is -0.368. The predicted molar refractivity (Wildman–Crippen MR) is 113 cm³/mol. The zero-order valence-electron chi connectivity index (χ0n) is 17.4. The Morgan fingerprint density at radius 2 is 1.89 bits per heavy atom. The van der Waals surface area contributed by atoms with Crippen LogP contribution < -0.4 is 11.3 Å². The first-order valence-electron chi connectivity index (χ1n) is 10.7. The van der Waals surface area contributed by atoms with Crippen molar-refractivity contribution in [3.05, 3.63) is 40.4 Å². The Labute approximate surface area is 167 Å². The molecule has 6 heteroatoms. The summed E-state index contributed by atoms with van der Waals surface area (Å²) in [6, 6.07) is 7.06. The molecular weight excluding hydrogens is 352 g/mol. The summed E-state index contributed by atoms with van der Waals surface area (Å²) in [4.78, 5) is 34.8. The molecular formula is C22H35N4O2+. The highest BCUT2D eigenvalue weighted by Gasteiger charge is 2.23. The second kappa shape index (κ2) is 11.6. The van der Waals surface area contributed by atoms with Crippen molar-refractivity contribution in [3.8, 4) is 0 Å². The first kappa shape index (κ1) is 22.1. The van der Waals surface area contributed by atoms with E-state index in [0.29, 0.717) is 29.7 Å². The number of nitrogens with one attached hydrogen (secondary N) is 1. The van der Waals surface area contributed by atoms with E-state index in [0.717, 1.165) is 51.5 Å². The number of fused-ring (bicyclic) bond motifs is 1. The molecule has 28 heavy (non-hydrogen) atoms. The van der Waals surface area contributed by atoms with E-state index in [4.69, 9.17) is 0 Å². The summed E-state index contributed by atoms with van der Waals surface area (Å²) in [6.07, 6.45) is 7.91. The third-order valence-electron chi connectivity index (χ3n) is 5.21. The molecule has 0 spiro atoms. The van der Waals surface area contributed by atoms with Crippen LogP contribution in [0.5, 0.6) is 0 Å². The van der Waals surface area contributed by atoms with Crippen LogP contribution in [0, 0.1) is 0 Å².